The van der Waals surface area contributed by atoms with Gasteiger partial charge in [0.05, 0.1) is 6.61 Å². The number of carbonyl (C=O) groups excluding carboxylic acids is 1. The Labute approximate surface area is 103 Å². The van der Waals surface area contributed by atoms with E-state index in [9.17, 15) is 4.79 Å². The van der Waals surface area contributed by atoms with E-state index in [1.165, 1.54) is 0 Å². The monoisotopic (exact) mass is 296 g/mol. The third-order valence-electron chi connectivity index (χ3n) is 1.84. The highest BCUT2D eigenvalue weighted by Crippen LogP contribution is 2.03. The molecule has 0 aromatic carbocycles. The summed E-state index contributed by atoms with van der Waals surface area (Å²) < 4.78 is 26.6. The number of hydrogen-bond donors (Lipinski definition) is 0. The molecule has 0 unspecified atom stereocenters. The van der Waals surface area contributed by atoms with Crippen LogP contribution in [0.5, 0.6) is 0 Å². The number of esters is 1. The maximum atomic E-state index is 10.8. The number of ether oxygens (including phenoxy) is 1. The summed E-state index contributed by atoms with van der Waals surface area (Å²) >= 11 is 0. The lowest BCUT2D eigenvalue weighted by Crippen LogP contribution is -2.33. The molecule has 0 atom stereocenters. The Morgan fingerprint density at radius 3 is 2.62 bits per heavy atom. The lowest BCUT2D eigenvalue weighted by Gasteiger charge is -2.20. The molecule has 6 nitrogen and oxygen atoms in total. The Hall–Kier alpha value is -0.0825. The molecule has 0 spiro atoms. The standard InChI is InChI=1S/C6H16O6Si4/c1-2-6(7)8-4-3-5-16-11-14-9-13-10-15-12-16/h2,16H,1,3-5,13-15H2. The molecule has 0 aliphatic carbocycles. The number of rotatable bonds is 5. The van der Waals surface area contributed by atoms with E-state index in [2.05, 4.69) is 6.58 Å². The van der Waals surface area contributed by atoms with Gasteiger partial charge in [0, 0.05) is 6.08 Å². The number of carbonyl (C=O) groups is 1. The molecule has 0 amide bonds. The van der Waals surface area contributed by atoms with Crippen molar-refractivity contribution in [1.29, 1.82) is 0 Å². The van der Waals surface area contributed by atoms with E-state index >= 15 is 0 Å². The van der Waals surface area contributed by atoms with Crippen LogP contribution in [0.15, 0.2) is 12.7 Å². The van der Waals surface area contributed by atoms with Gasteiger partial charge in [-0.3, -0.25) is 0 Å². The van der Waals surface area contributed by atoms with Gasteiger partial charge in [-0.1, -0.05) is 6.58 Å². The molecule has 0 bridgehead atoms. The van der Waals surface area contributed by atoms with Crippen LogP contribution in [-0.2, 0) is 26.0 Å². The molecule has 1 aliphatic rings. The summed E-state index contributed by atoms with van der Waals surface area (Å²) in [5.74, 6) is -0.386. The molecule has 92 valence electrons. The average molecular weight is 297 g/mol. The highest BCUT2D eigenvalue weighted by atomic mass is 28.4. The van der Waals surface area contributed by atoms with Crippen molar-refractivity contribution in [1.82, 2.24) is 0 Å². The summed E-state index contributed by atoms with van der Waals surface area (Å²) in [5, 5.41) is 0. The molecule has 16 heavy (non-hydrogen) atoms. The van der Waals surface area contributed by atoms with Crippen LogP contribution in [0.3, 0.4) is 0 Å². The fraction of sp³-hybridized carbons (Fsp3) is 0.500. The first-order valence-corrected chi connectivity index (χ1v) is 10.2. The number of hydrogen-bond acceptors (Lipinski definition) is 6. The Bertz CT molecular complexity index is 219. The second-order valence-electron chi connectivity index (χ2n) is 3.04. The minimum absolute atomic E-state index is 0.386. The first kappa shape index (κ1) is 14.0. The zero-order valence-electron chi connectivity index (χ0n) is 9.05. The molecular weight excluding hydrogens is 280 g/mol. The molecular formula is C6H16O6Si4. The first-order valence-electron chi connectivity index (χ1n) is 5.01. The van der Waals surface area contributed by atoms with E-state index in [1.807, 2.05) is 0 Å². The maximum Gasteiger partial charge on any atom is 0.330 e. The summed E-state index contributed by atoms with van der Waals surface area (Å²) in [7, 11) is -4.14. The lowest BCUT2D eigenvalue weighted by atomic mass is 10.5. The fourth-order valence-corrected chi connectivity index (χ4v) is 9.95. The van der Waals surface area contributed by atoms with Crippen molar-refractivity contribution >= 4 is 45.3 Å². The Balaban J connectivity index is 2.05. The minimum atomic E-state index is -1.59. The predicted molar refractivity (Wildman–Crippen MR) is 67.7 cm³/mol. The molecule has 0 saturated carbocycles. The molecule has 0 aromatic rings. The van der Waals surface area contributed by atoms with Gasteiger partial charge in [0.1, 0.15) is 0 Å². The Morgan fingerprint density at radius 2 is 2.00 bits per heavy atom. The van der Waals surface area contributed by atoms with E-state index < -0.39 is 39.3 Å². The van der Waals surface area contributed by atoms with Crippen molar-refractivity contribution in [3.63, 3.8) is 0 Å². The smallest absolute Gasteiger partial charge is 0.330 e. The van der Waals surface area contributed by atoms with Crippen LogP contribution in [0.4, 0.5) is 0 Å². The van der Waals surface area contributed by atoms with Crippen molar-refractivity contribution in [2.45, 2.75) is 12.5 Å². The molecule has 0 N–H and O–H groups in total. The summed E-state index contributed by atoms with van der Waals surface area (Å²) in [6, 6.07) is 0.832. The van der Waals surface area contributed by atoms with Crippen LogP contribution in [0.25, 0.3) is 0 Å². The van der Waals surface area contributed by atoms with Crippen molar-refractivity contribution in [2.24, 2.45) is 0 Å². The summed E-state index contributed by atoms with van der Waals surface area (Å²) in [5.41, 5.74) is 0. The largest absolute Gasteiger partial charge is 0.463 e. The van der Waals surface area contributed by atoms with Crippen LogP contribution in [0, 0.1) is 0 Å². The van der Waals surface area contributed by atoms with Gasteiger partial charge in [0.15, 0.2) is 0 Å². The Kier molecular flexibility index (Phi) is 7.86. The van der Waals surface area contributed by atoms with Crippen LogP contribution in [-0.4, -0.2) is 51.9 Å². The van der Waals surface area contributed by atoms with Crippen LogP contribution < -0.4 is 0 Å². The fourth-order valence-electron chi connectivity index (χ4n) is 1.07. The topological polar surface area (TPSA) is 63.2 Å². The highest BCUT2D eigenvalue weighted by molar-refractivity contribution is 6.59. The van der Waals surface area contributed by atoms with Crippen molar-refractivity contribution in [3.05, 3.63) is 12.7 Å². The summed E-state index contributed by atoms with van der Waals surface area (Å²) in [4.78, 5) is 10.8. The lowest BCUT2D eigenvalue weighted by molar-refractivity contribution is -0.137. The van der Waals surface area contributed by atoms with Crippen LogP contribution in [0.2, 0.25) is 6.04 Å². The minimum Gasteiger partial charge on any atom is -0.463 e. The molecule has 10 heteroatoms. The van der Waals surface area contributed by atoms with Crippen molar-refractivity contribution < 1.29 is 26.0 Å². The van der Waals surface area contributed by atoms with Crippen LogP contribution >= 0.6 is 0 Å². The summed E-state index contributed by atoms with van der Waals surface area (Å²) in [6.45, 7) is 3.71. The van der Waals surface area contributed by atoms with Gasteiger partial charge in [-0.2, -0.15) is 0 Å². The Morgan fingerprint density at radius 1 is 1.31 bits per heavy atom. The average Bonchev–Trinajstić information content (AvgIpc) is 2.26. The van der Waals surface area contributed by atoms with Gasteiger partial charge in [0.25, 0.3) is 30.0 Å². The first-order chi connectivity index (χ1) is 7.83. The quantitative estimate of drug-likeness (QED) is 0.240. The van der Waals surface area contributed by atoms with Gasteiger partial charge in [-0.15, -0.1) is 0 Å². The third kappa shape index (κ3) is 6.49. The third-order valence-corrected chi connectivity index (χ3v) is 9.45. The van der Waals surface area contributed by atoms with E-state index in [0.29, 0.717) is 6.61 Å². The van der Waals surface area contributed by atoms with Gasteiger partial charge in [0.2, 0.25) is 0 Å². The van der Waals surface area contributed by atoms with Crippen molar-refractivity contribution in [3.8, 4) is 0 Å². The molecule has 1 rings (SSSR count). The van der Waals surface area contributed by atoms with Gasteiger partial charge < -0.3 is 21.2 Å². The highest BCUT2D eigenvalue weighted by Gasteiger charge is 2.15. The second kappa shape index (κ2) is 9.00. The van der Waals surface area contributed by atoms with Gasteiger partial charge in [-0.25, -0.2) is 4.79 Å². The second-order valence-corrected chi connectivity index (χ2v) is 11.1. The molecule has 1 fully saturated rings. The van der Waals surface area contributed by atoms with Gasteiger partial charge in [-0.05, 0) is 12.5 Å². The zero-order valence-corrected chi connectivity index (χ0v) is 14.5. The maximum absolute atomic E-state index is 10.8. The zero-order chi connectivity index (χ0) is 11.6. The normalized spacial score (nSPS) is 26.4. The predicted octanol–water partition coefficient (Wildman–Crippen LogP) is -2.60. The van der Waals surface area contributed by atoms with Crippen molar-refractivity contribution in [2.75, 3.05) is 6.61 Å². The summed E-state index contributed by atoms with van der Waals surface area (Å²) in [6.07, 6.45) is 1.92. The van der Waals surface area contributed by atoms with Gasteiger partial charge >= 0.3 is 15.3 Å². The van der Waals surface area contributed by atoms with E-state index in [-0.39, 0.29) is 5.97 Å². The van der Waals surface area contributed by atoms with E-state index in [1.54, 1.807) is 0 Å². The van der Waals surface area contributed by atoms with Crippen LogP contribution in [0.1, 0.15) is 6.42 Å². The van der Waals surface area contributed by atoms with E-state index in [0.717, 1.165) is 18.5 Å². The molecule has 0 aromatic heterocycles. The van der Waals surface area contributed by atoms with E-state index in [4.69, 9.17) is 21.2 Å². The molecule has 1 heterocycles. The molecule has 0 radical (unpaired) electrons. The molecule has 1 saturated heterocycles. The SMILES string of the molecule is C=CC(=O)OCCC[SiH]1O[SiH2]O[SiH2]O[SiH2]O1. The molecule has 1 aliphatic heterocycles.